The molecule has 0 amide bonds. The lowest BCUT2D eigenvalue weighted by Gasteiger charge is -2.28. The normalized spacial score (nSPS) is 29.2. The lowest BCUT2D eigenvalue weighted by molar-refractivity contribution is -0.136. The first-order valence-electron chi connectivity index (χ1n) is 5.43. The Morgan fingerprint density at radius 3 is 2.00 bits per heavy atom. The van der Waals surface area contributed by atoms with Gasteiger partial charge in [-0.05, 0) is 12.8 Å². The Bertz CT molecular complexity index is 149. The molecule has 13 heavy (non-hydrogen) atoms. The van der Waals surface area contributed by atoms with Gasteiger partial charge in [-0.3, -0.25) is 4.79 Å². The van der Waals surface area contributed by atoms with Crippen molar-refractivity contribution in [2.24, 2.45) is 0 Å². The number of Topliss-reactive ketones (excluding diaryl/α,β-unsaturated/α-hetero) is 1. The van der Waals surface area contributed by atoms with Crippen LogP contribution in [0, 0.1) is 0 Å². The second kappa shape index (κ2) is 5.38. The summed E-state index contributed by atoms with van der Waals surface area (Å²) in [5.41, 5.74) is 0. The van der Waals surface area contributed by atoms with E-state index in [1.807, 2.05) is 0 Å². The van der Waals surface area contributed by atoms with E-state index in [-0.39, 0.29) is 12.2 Å². The molecule has 0 saturated carbocycles. The summed E-state index contributed by atoms with van der Waals surface area (Å²) in [6.45, 7) is 4.27. The fraction of sp³-hybridized carbons (Fsp3) is 0.909. The highest BCUT2D eigenvalue weighted by Crippen LogP contribution is 2.22. The van der Waals surface area contributed by atoms with Crippen LogP contribution < -0.4 is 0 Å². The van der Waals surface area contributed by atoms with Crippen LogP contribution in [0.2, 0.25) is 0 Å². The smallest absolute Gasteiger partial charge is 0.138 e. The highest BCUT2D eigenvalue weighted by molar-refractivity contribution is 5.80. The minimum Gasteiger partial charge on any atom is -0.374 e. The van der Waals surface area contributed by atoms with E-state index in [2.05, 4.69) is 13.8 Å². The van der Waals surface area contributed by atoms with Crippen molar-refractivity contribution >= 4 is 5.78 Å². The molecule has 0 aromatic heterocycles. The zero-order chi connectivity index (χ0) is 9.68. The Kier molecular flexibility index (Phi) is 4.43. The molecule has 1 aliphatic heterocycles. The van der Waals surface area contributed by atoms with E-state index in [4.69, 9.17) is 4.74 Å². The molecular formula is C11H20O2. The van der Waals surface area contributed by atoms with E-state index in [1.54, 1.807) is 0 Å². The average Bonchev–Trinajstić information content (AvgIpc) is 2.04. The molecule has 1 heterocycles. The van der Waals surface area contributed by atoms with Crippen LogP contribution in [0.4, 0.5) is 0 Å². The van der Waals surface area contributed by atoms with Crippen molar-refractivity contribution in [3.05, 3.63) is 0 Å². The number of carbonyl (C=O) groups is 1. The third-order valence-electron chi connectivity index (χ3n) is 2.52. The molecule has 2 atom stereocenters. The van der Waals surface area contributed by atoms with Crippen LogP contribution in [0.15, 0.2) is 0 Å². The summed E-state index contributed by atoms with van der Waals surface area (Å²) in [4.78, 5) is 11.4. The van der Waals surface area contributed by atoms with Crippen molar-refractivity contribution in [3.8, 4) is 0 Å². The topological polar surface area (TPSA) is 26.3 Å². The number of rotatable bonds is 4. The number of ether oxygens (including phenoxy) is 1. The monoisotopic (exact) mass is 184 g/mol. The first kappa shape index (κ1) is 10.7. The maximum absolute atomic E-state index is 11.4. The van der Waals surface area contributed by atoms with E-state index in [1.165, 1.54) is 0 Å². The van der Waals surface area contributed by atoms with E-state index >= 15 is 0 Å². The Morgan fingerprint density at radius 2 is 1.62 bits per heavy atom. The van der Waals surface area contributed by atoms with Gasteiger partial charge in [0.2, 0.25) is 0 Å². The molecule has 0 aliphatic carbocycles. The minimum absolute atomic E-state index is 0.211. The highest BCUT2D eigenvalue weighted by Gasteiger charge is 2.26. The van der Waals surface area contributed by atoms with Crippen molar-refractivity contribution < 1.29 is 9.53 Å². The third kappa shape index (κ3) is 3.47. The maximum atomic E-state index is 11.4. The summed E-state index contributed by atoms with van der Waals surface area (Å²) in [5.74, 6) is 0.392. The average molecular weight is 184 g/mol. The SMILES string of the molecule is CCC[C@@H]1CC(=O)C[C@H](CCC)O1. The van der Waals surface area contributed by atoms with E-state index in [0.717, 1.165) is 25.7 Å². The highest BCUT2D eigenvalue weighted by atomic mass is 16.5. The molecule has 76 valence electrons. The maximum Gasteiger partial charge on any atom is 0.138 e. The van der Waals surface area contributed by atoms with Gasteiger partial charge < -0.3 is 4.74 Å². The largest absolute Gasteiger partial charge is 0.374 e. The van der Waals surface area contributed by atoms with Gasteiger partial charge in [-0.1, -0.05) is 26.7 Å². The molecule has 2 nitrogen and oxygen atoms in total. The van der Waals surface area contributed by atoms with Crippen molar-refractivity contribution in [2.75, 3.05) is 0 Å². The van der Waals surface area contributed by atoms with Gasteiger partial charge in [-0.25, -0.2) is 0 Å². The van der Waals surface area contributed by atoms with Gasteiger partial charge in [0.25, 0.3) is 0 Å². The van der Waals surface area contributed by atoms with E-state index < -0.39 is 0 Å². The van der Waals surface area contributed by atoms with Crippen LogP contribution in [-0.4, -0.2) is 18.0 Å². The van der Waals surface area contributed by atoms with Gasteiger partial charge in [0.05, 0.1) is 12.2 Å². The Hall–Kier alpha value is -0.370. The Morgan fingerprint density at radius 1 is 1.15 bits per heavy atom. The zero-order valence-corrected chi connectivity index (χ0v) is 8.71. The number of hydrogen-bond acceptors (Lipinski definition) is 2. The summed E-state index contributed by atoms with van der Waals surface area (Å²) in [5, 5.41) is 0. The predicted molar refractivity (Wildman–Crippen MR) is 52.7 cm³/mol. The van der Waals surface area contributed by atoms with Gasteiger partial charge in [-0.2, -0.15) is 0 Å². The lowest BCUT2D eigenvalue weighted by atomic mass is 9.97. The Labute approximate surface area is 80.7 Å². The van der Waals surface area contributed by atoms with Crippen LogP contribution in [-0.2, 0) is 9.53 Å². The molecule has 0 radical (unpaired) electrons. The van der Waals surface area contributed by atoms with Gasteiger partial charge in [0.1, 0.15) is 5.78 Å². The van der Waals surface area contributed by atoms with Gasteiger partial charge in [0, 0.05) is 12.8 Å². The molecule has 0 N–H and O–H groups in total. The van der Waals surface area contributed by atoms with Gasteiger partial charge in [-0.15, -0.1) is 0 Å². The second-order valence-corrected chi connectivity index (χ2v) is 3.90. The molecular weight excluding hydrogens is 164 g/mol. The summed E-state index contributed by atoms with van der Waals surface area (Å²) in [6, 6.07) is 0. The zero-order valence-electron chi connectivity index (χ0n) is 8.71. The fourth-order valence-corrected chi connectivity index (χ4v) is 1.94. The van der Waals surface area contributed by atoms with Crippen LogP contribution in [0.5, 0.6) is 0 Å². The van der Waals surface area contributed by atoms with Gasteiger partial charge >= 0.3 is 0 Å². The third-order valence-corrected chi connectivity index (χ3v) is 2.52. The van der Waals surface area contributed by atoms with Crippen molar-refractivity contribution in [1.29, 1.82) is 0 Å². The fourth-order valence-electron chi connectivity index (χ4n) is 1.94. The molecule has 0 spiro atoms. The first-order valence-corrected chi connectivity index (χ1v) is 5.43. The lowest BCUT2D eigenvalue weighted by Crippen LogP contribution is -2.32. The van der Waals surface area contributed by atoms with Crippen molar-refractivity contribution in [2.45, 2.75) is 64.6 Å². The van der Waals surface area contributed by atoms with Gasteiger partial charge in [0.15, 0.2) is 0 Å². The minimum atomic E-state index is 0.211. The molecule has 2 heteroatoms. The molecule has 0 unspecified atom stereocenters. The van der Waals surface area contributed by atoms with Crippen LogP contribution in [0.1, 0.15) is 52.4 Å². The number of ketones is 1. The van der Waals surface area contributed by atoms with Crippen LogP contribution in [0.3, 0.4) is 0 Å². The van der Waals surface area contributed by atoms with Crippen molar-refractivity contribution in [3.63, 3.8) is 0 Å². The number of carbonyl (C=O) groups excluding carboxylic acids is 1. The summed E-state index contributed by atoms with van der Waals surface area (Å²) < 4.78 is 5.82. The molecule has 1 saturated heterocycles. The summed E-state index contributed by atoms with van der Waals surface area (Å²) in [7, 11) is 0. The van der Waals surface area contributed by atoms with Crippen LogP contribution in [0.25, 0.3) is 0 Å². The Balaban J connectivity index is 2.37. The van der Waals surface area contributed by atoms with Crippen molar-refractivity contribution in [1.82, 2.24) is 0 Å². The first-order chi connectivity index (χ1) is 6.26. The van der Waals surface area contributed by atoms with Crippen LogP contribution >= 0.6 is 0 Å². The second-order valence-electron chi connectivity index (χ2n) is 3.90. The molecule has 1 fully saturated rings. The quantitative estimate of drug-likeness (QED) is 0.671. The van der Waals surface area contributed by atoms with E-state index in [0.29, 0.717) is 18.6 Å². The standard InChI is InChI=1S/C11H20O2/c1-3-5-10-7-9(12)8-11(13-10)6-4-2/h10-11H,3-8H2,1-2H3/t10-,11+. The number of hydrogen-bond donors (Lipinski definition) is 0. The summed E-state index contributed by atoms with van der Waals surface area (Å²) >= 11 is 0. The molecule has 0 aromatic carbocycles. The molecule has 0 aromatic rings. The predicted octanol–water partition coefficient (Wildman–Crippen LogP) is 2.70. The molecule has 1 aliphatic rings. The van der Waals surface area contributed by atoms with E-state index in [9.17, 15) is 4.79 Å². The summed E-state index contributed by atoms with van der Waals surface area (Å²) in [6.07, 6.45) is 6.00. The molecule has 1 rings (SSSR count). The molecule has 0 bridgehead atoms.